The number of halogens is 6. The molecule has 0 fully saturated rings. The predicted octanol–water partition coefficient (Wildman–Crippen LogP) is 6.49. The van der Waals surface area contributed by atoms with E-state index in [1.54, 1.807) is 36.4 Å². The second-order valence-corrected chi connectivity index (χ2v) is 7.83. The van der Waals surface area contributed by atoms with E-state index in [2.05, 4.69) is 9.72 Å². The smallest absolute Gasteiger partial charge is 0.416 e. The van der Waals surface area contributed by atoms with Crippen LogP contribution in [0.2, 0.25) is 0 Å². The Hall–Kier alpha value is -4.02. The first-order valence-corrected chi connectivity index (χ1v) is 10.5. The highest BCUT2D eigenvalue weighted by Crippen LogP contribution is 2.36. The van der Waals surface area contributed by atoms with Crippen LogP contribution in [0.4, 0.5) is 26.3 Å². The number of esters is 1. The topological polar surface area (TPSA) is 53.4 Å². The van der Waals surface area contributed by atoms with Gasteiger partial charge in [-0.15, -0.1) is 0 Å². The van der Waals surface area contributed by atoms with E-state index in [1.807, 2.05) is 0 Å². The van der Waals surface area contributed by atoms with Crippen molar-refractivity contribution in [3.8, 4) is 5.75 Å². The number of carbonyl (C=O) groups excluding carboxylic acids is 1. The van der Waals surface area contributed by atoms with Crippen molar-refractivity contribution in [3.63, 3.8) is 0 Å². The lowest BCUT2D eigenvalue weighted by atomic mass is 10.0. The van der Waals surface area contributed by atoms with E-state index in [0.717, 1.165) is 0 Å². The summed E-state index contributed by atoms with van der Waals surface area (Å²) in [5.41, 5.74) is -1.75. The molecule has 4 aromatic rings. The highest BCUT2D eigenvalue weighted by molar-refractivity contribution is 5.89. The lowest BCUT2D eigenvalue weighted by Gasteiger charge is -2.16. The summed E-state index contributed by atoms with van der Waals surface area (Å²) in [6, 6.07) is 14.3. The van der Waals surface area contributed by atoms with Crippen molar-refractivity contribution in [2.75, 3.05) is 7.11 Å². The van der Waals surface area contributed by atoms with Gasteiger partial charge in [0.1, 0.15) is 18.2 Å². The number of ether oxygens (including phenoxy) is 2. The van der Waals surface area contributed by atoms with Gasteiger partial charge in [-0.25, -0.2) is 9.78 Å². The zero-order valence-electron chi connectivity index (χ0n) is 18.7. The highest BCUT2D eigenvalue weighted by Gasteiger charge is 2.37. The monoisotopic (exact) mass is 508 g/mol. The lowest BCUT2D eigenvalue weighted by Crippen LogP contribution is -2.14. The highest BCUT2D eigenvalue weighted by atomic mass is 19.4. The van der Waals surface area contributed by atoms with Gasteiger partial charge in [-0.3, -0.25) is 0 Å². The molecule has 188 valence electrons. The molecule has 3 aromatic carbocycles. The van der Waals surface area contributed by atoms with Crippen LogP contribution in [-0.2, 0) is 30.2 Å². The van der Waals surface area contributed by atoms with Crippen molar-refractivity contribution >= 4 is 17.0 Å². The van der Waals surface area contributed by atoms with Crippen molar-refractivity contribution in [1.82, 2.24) is 9.55 Å². The number of aromatic nitrogens is 2. The molecule has 0 amide bonds. The molecule has 0 saturated heterocycles. The molecule has 1 heterocycles. The molecule has 11 heteroatoms. The number of carbonyl (C=O) groups is 1. The number of hydrogen-bond donors (Lipinski definition) is 0. The van der Waals surface area contributed by atoms with Gasteiger partial charge in [-0.1, -0.05) is 18.2 Å². The SMILES string of the molecule is COC(=O)c1cccc(OCc2nc3ccccc3n2Cc2cc(C(F)(F)F)cc(C(F)(F)F)c2)c1. The van der Waals surface area contributed by atoms with Crippen molar-refractivity contribution in [2.24, 2.45) is 0 Å². The Kier molecular flexibility index (Phi) is 6.66. The van der Waals surface area contributed by atoms with Crippen molar-refractivity contribution < 1.29 is 40.6 Å². The Bertz CT molecular complexity index is 1380. The van der Waals surface area contributed by atoms with Gasteiger partial charge in [0.2, 0.25) is 0 Å². The summed E-state index contributed by atoms with van der Waals surface area (Å²) in [5.74, 6) is -0.00159. The summed E-state index contributed by atoms with van der Waals surface area (Å²) in [4.78, 5) is 16.2. The number of methoxy groups -OCH3 is 1. The van der Waals surface area contributed by atoms with Gasteiger partial charge in [-0.05, 0) is 54.1 Å². The third-order valence-corrected chi connectivity index (χ3v) is 5.34. The van der Waals surface area contributed by atoms with Crippen LogP contribution in [0, 0.1) is 0 Å². The van der Waals surface area contributed by atoms with Crippen LogP contribution in [0.3, 0.4) is 0 Å². The zero-order chi connectivity index (χ0) is 26.1. The van der Waals surface area contributed by atoms with E-state index in [9.17, 15) is 31.1 Å². The van der Waals surface area contributed by atoms with Gasteiger partial charge in [0.05, 0.1) is 34.8 Å². The lowest BCUT2D eigenvalue weighted by molar-refractivity contribution is -0.143. The van der Waals surface area contributed by atoms with Crippen LogP contribution in [0.1, 0.15) is 32.9 Å². The molecule has 0 saturated carbocycles. The van der Waals surface area contributed by atoms with E-state index in [4.69, 9.17) is 4.74 Å². The summed E-state index contributed by atoms with van der Waals surface area (Å²) < 4.78 is 91.9. The molecule has 0 aliphatic heterocycles. The molecule has 0 radical (unpaired) electrons. The summed E-state index contributed by atoms with van der Waals surface area (Å²) in [5, 5.41) is 0. The molecule has 0 aliphatic carbocycles. The first-order chi connectivity index (χ1) is 17.0. The number of fused-ring (bicyclic) bond motifs is 1. The molecular formula is C25H18F6N2O3. The third kappa shape index (κ3) is 5.45. The van der Waals surface area contributed by atoms with Crippen LogP contribution in [0.5, 0.6) is 5.75 Å². The van der Waals surface area contributed by atoms with Crippen LogP contribution >= 0.6 is 0 Å². The quantitative estimate of drug-likeness (QED) is 0.221. The molecule has 5 nitrogen and oxygen atoms in total. The number of benzene rings is 3. The molecule has 0 unspecified atom stereocenters. The number of rotatable bonds is 6. The molecule has 0 N–H and O–H groups in total. The van der Waals surface area contributed by atoms with Gasteiger partial charge in [0, 0.05) is 6.54 Å². The Morgan fingerprint density at radius 3 is 2.19 bits per heavy atom. The normalized spacial score (nSPS) is 12.1. The standard InChI is InChI=1S/C25H18F6N2O3/c1-35-23(34)16-5-4-6-19(11-16)36-14-22-32-20-7-2-3-8-21(20)33(22)13-15-9-17(24(26,27)28)12-18(10-15)25(29,30)31/h2-12H,13-14H2,1H3. The van der Waals surface area contributed by atoms with E-state index in [0.29, 0.717) is 28.9 Å². The maximum Gasteiger partial charge on any atom is 0.416 e. The second-order valence-electron chi connectivity index (χ2n) is 7.83. The first kappa shape index (κ1) is 25.1. The zero-order valence-corrected chi connectivity index (χ0v) is 18.7. The molecule has 36 heavy (non-hydrogen) atoms. The number of hydrogen-bond acceptors (Lipinski definition) is 4. The predicted molar refractivity (Wildman–Crippen MR) is 117 cm³/mol. The van der Waals surface area contributed by atoms with Gasteiger partial charge in [0.15, 0.2) is 0 Å². The van der Waals surface area contributed by atoms with Gasteiger partial charge in [0.25, 0.3) is 0 Å². The summed E-state index contributed by atoms with van der Waals surface area (Å²) in [6.07, 6.45) is -9.91. The Morgan fingerprint density at radius 1 is 0.889 bits per heavy atom. The summed E-state index contributed by atoms with van der Waals surface area (Å²) >= 11 is 0. The molecule has 4 rings (SSSR count). The summed E-state index contributed by atoms with van der Waals surface area (Å²) in [7, 11) is 1.23. The largest absolute Gasteiger partial charge is 0.486 e. The van der Waals surface area contributed by atoms with Crippen LogP contribution < -0.4 is 4.74 Å². The van der Waals surface area contributed by atoms with Crippen molar-refractivity contribution in [2.45, 2.75) is 25.5 Å². The van der Waals surface area contributed by atoms with Gasteiger partial charge < -0.3 is 14.0 Å². The minimum atomic E-state index is -4.95. The fraction of sp³-hybridized carbons (Fsp3) is 0.200. The third-order valence-electron chi connectivity index (χ3n) is 5.34. The number of nitrogens with zero attached hydrogens (tertiary/aromatic N) is 2. The molecule has 0 aliphatic rings. The van der Waals surface area contributed by atoms with Crippen molar-refractivity contribution in [3.05, 3.63) is 94.8 Å². The number of alkyl halides is 6. The maximum atomic E-state index is 13.3. The van der Waals surface area contributed by atoms with Gasteiger partial charge in [-0.2, -0.15) is 26.3 Å². The molecule has 0 bridgehead atoms. The fourth-order valence-electron chi connectivity index (χ4n) is 3.68. The van der Waals surface area contributed by atoms with Crippen LogP contribution in [0.15, 0.2) is 66.7 Å². The molecular weight excluding hydrogens is 490 g/mol. The first-order valence-electron chi connectivity index (χ1n) is 10.5. The summed E-state index contributed by atoms with van der Waals surface area (Å²) in [6.45, 7) is -0.473. The minimum absolute atomic E-state index is 0.0911. The Morgan fingerprint density at radius 2 is 1.56 bits per heavy atom. The second kappa shape index (κ2) is 9.56. The average Bonchev–Trinajstić information content (AvgIpc) is 3.18. The Labute approximate surface area is 200 Å². The van der Waals surface area contributed by atoms with E-state index in [-0.39, 0.29) is 36.2 Å². The molecule has 0 atom stereocenters. The van der Waals surface area contributed by atoms with E-state index < -0.39 is 29.4 Å². The molecule has 1 aromatic heterocycles. The number of imidazole rings is 1. The van der Waals surface area contributed by atoms with E-state index >= 15 is 0 Å². The van der Waals surface area contributed by atoms with Crippen LogP contribution in [0.25, 0.3) is 11.0 Å². The van der Waals surface area contributed by atoms with Gasteiger partial charge >= 0.3 is 18.3 Å². The Balaban J connectivity index is 1.71. The number of para-hydroxylation sites is 2. The maximum absolute atomic E-state index is 13.3. The van der Waals surface area contributed by atoms with Crippen LogP contribution in [-0.4, -0.2) is 22.6 Å². The average molecular weight is 508 g/mol. The van der Waals surface area contributed by atoms with Crippen molar-refractivity contribution in [1.29, 1.82) is 0 Å². The minimum Gasteiger partial charge on any atom is -0.486 e. The molecule has 0 spiro atoms. The fourth-order valence-corrected chi connectivity index (χ4v) is 3.68. The van der Waals surface area contributed by atoms with E-state index in [1.165, 1.54) is 23.8 Å².